The normalized spacial score (nSPS) is 10.3. The molecule has 1 rings (SSSR count). The summed E-state index contributed by atoms with van der Waals surface area (Å²) in [6.45, 7) is 5.54. The van der Waals surface area contributed by atoms with Gasteiger partial charge in [-0.25, -0.2) is 4.39 Å². The summed E-state index contributed by atoms with van der Waals surface area (Å²) in [5, 5.41) is 5.77. The van der Waals surface area contributed by atoms with Gasteiger partial charge in [-0.2, -0.15) is 0 Å². The van der Waals surface area contributed by atoms with Crippen molar-refractivity contribution in [1.82, 2.24) is 10.6 Å². The van der Waals surface area contributed by atoms with Crippen molar-refractivity contribution in [2.75, 3.05) is 19.6 Å². The van der Waals surface area contributed by atoms with Crippen molar-refractivity contribution in [1.29, 1.82) is 0 Å². The Balaban J connectivity index is 2.33. The predicted octanol–water partition coefficient (Wildman–Crippen LogP) is 1.40. The lowest BCUT2D eigenvalue weighted by molar-refractivity contribution is -0.120. The molecule has 4 heteroatoms. The summed E-state index contributed by atoms with van der Waals surface area (Å²) in [6, 6.07) is 4.72. The Hall–Kier alpha value is -1.42. The molecular formula is C13H19FN2O. The van der Waals surface area contributed by atoms with E-state index in [-0.39, 0.29) is 11.7 Å². The van der Waals surface area contributed by atoms with Crippen LogP contribution in [0.5, 0.6) is 0 Å². The van der Waals surface area contributed by atoms with E-state index in [4.69, 9.17) is 0 Å². The first-order valence-corrected chi connectivity index (χ1v) is 5.86. The molecular weight excluding hydrogens is 219 g/mol. The van der Waals surface area contributed by atoms with Gasteiger partial charge in [0.25, 0.3) is 0 Å². The number of halogens is 1. The van der Waals surface area contributed by atoms with Crippen molar-refractivity contribution < 1.29 is 9.18 Å². The molecule has 0 aliphatic heterocycles. The average Bonchev–Trinajstić information content (AvgIpc) is 2.29. The minimum atomic E-state index is -0.220. The highest BCUT2D eigenvalue weighted by Gasteiger charge is 2.02. The summed E-state index contributed by atoms with van der Waals surface area (Å²) in [5.41, 5.74) is 1.99. The number of carbonyl (C=O) groups excluding carboxylic acids is 1. The van der Waals surface area contributed by atoms with Gasteiger partial charge in [0.2, 0.25) is 5.91 Å². The molecule has 1 amide bonds. The van der Waals surface area contributed by atoms with Crippen LogP contribution < -0.4 is 10.6 Å². The third kappa shape index (κ3) is 4.95. The third-order valence-corrected chi connectivity index (χ3v) is 2.56. The minimum absolute atomic E-state index is 0.00776. The summed E-state index contributed by atoms with van der Waals surface area (Å²) in [4.78, 5) is 11.3. The monoisotopic (exact) mass is 238 g/mol. The molecule has 94 valence electrons. The second kappa shape index (κ2) is 7.01. The Morgan fingerprint density at radius 1 is 1.41 bits per heavy atom. The molecule has 0 heterocycles. The number of likely N-dealkylation sites (N-methyl/N-ethyl adjacent to an activating group) is 1. The average molecular weight is 238 g/mol. The Labute approximate surface area is 101 Å². The van der Waals surface area contributed by atoms with E-state index in [0.717, 1.165) is 24.1 Å². The van der Waals surface area contributed by atoms with Gasteiger partial charge >= 0.3 is 0 Å². The zero-order valence-corrected chi connectivity index (χ0v) is 10.3. The molecule has 17 heavy (non-hydrogen) atoms. The minimum Gasteiger partial charge on any atom is -0.355 e. The molecule has 0 saturated carbocycles. The first kappa shape index (κ1) is 13.6. The highest BCUT2D eigenvalue weighted by atomic mass is 19.1. The van der Waals surface area contributed by atoms with Crippen LogP contribution >= 0.6 is 0 Å². The highest BCUT2D eigenvalue weighted by molar-refractivity contribution is 5.77. The van der Waals surface area contributed by atoms with Gasteiger partial charge < -0.3 is 10.6 Å². The molecule has 0 aliphatic carbocycles. The molecule has 0 bridgehead atoms. The van der Waals surface area contributed by atoms with Crippen molar-refractivity contribution in [3.05, 3.63) is 35.1 Å². The molecule has 0 aliphatic rings. The number of aryl methyl sites for hydroxylation is 1. The number of nitrogens with one attached hydrogen (secondary N) is 2. The largest absolute Gasteiger partial charge is 0.355 e. The fraction of sp³-hybridized carbons (Fsp3) is 0.462. The Morgan fingerprint density at radius 3 is 2.82 bits per heavy atom. The van der Waals surface area contributed by atoms with Gasteiger partial charge in [0.15, 0.2) is 0 Å². The number of hydrogen-bond acceptors (Lipinski definition) is 2. The SMILES string of the molecule is CCNCC(=O)NCCc1ccc(F)cc1C. The zero-order chi connectivity index (χ0) is 12.7. The van der Waals surface area contributed by atoms with Crippen molar-refractivity contribution in [3.8, 4) is 0 Å². The van der Waals surface area contributed by atoms with Crippen LogP contribution in [0.3, 0.4) is 0 Å². The number of hydrogen-bond donors (Lipinski definition) is 2. The summed E-state index contributed by atoms with van der Waals surface area (Å²) < 4.78 is 12.9. The van der Waals surface area contributed by atoms with E-state index in [0.29, 0.717) is 13.1 Å². The summed E-state index contributed by atoms with van der Waals surface area (Å²) in [6.07, 6.45) is 0.726. The second-order valence-corrected chi connectivity index (χ2v) is 3.95. The maximum absolute atomic E-state index is 12.9. The van der Waals surface area contributed by atoms with E-state index in [1.165, 1.54) is 12.1 Å². The molecule has 0 spiro atoms. The highest BCUT2D eigenvalue weighted by Crippen LogP contribution is 2.10. The molecule has 0 fully saturated rings. The summed E-state index contributed by atoms with van der Waals surface area (Å²) in [7, 11) is 0. The quantitative estimate of drug-likeness (QED) is 0.786. The first-order chi connectivity index (χ1) is 8.13. The Bertz CT molecular complexity index is 380. The second-order valence-electron chi connectivity index (χ2n) is 3.95. The van der Waals surface area contributed by atoms with Crippen LogP contribution in [-0.4, -0.2) is 25.5 Å². The lowest BCUT2D eigenvalue weighted by atomic mass is 10.1. The summed E-state index contributed by atoms with van der Waals surface area (Å²) >= 11 is 0. The topological polar surface area (TPSA) is 41.1 Å². The molecule has 2 N–H and O–H groups in total. The van der Waals surface area contributed by atoms with E-state index < -0.39 is 0 Å². The molecule has 1 aromatic carbocycles. The van der Waals surface area contributed by atoms with Crippen LogP contribution in [-0.2, 0) is 11.2 Å². The predicted molar refractivity (Wildman–Crippen MR) is 66.4 cm³/mol. The maximum Gasteiger partial charge on any atom is 0.233 e. The smallest absolute Gasteiger partial charge is 0.233 e. The van der Waals surface area contributed by atoms with Gasteiger partial charge in [0, 0.05) is 6.54 Å². The summed E-state index contributed by atoms with van der Waals surface area (Å²) in [5.74, 6) is -0.228. The third-order valence-electron chi connectivity index (χ3n) is 2.56. The van der Waals surface area contributed by atoms with Crippen LogP contribution in [0.2, 0.25) is 0 Å². The Morgan fingerprint density at radius 2 is 2.18 bits per heavy atom. The van der Waals surface area contributed by atoms with Crippen LogP contribution in [0, 0.1) is 12.7 Å². The lowest BCUT2D eigenvalue weighted by Gasteiger charge is -2.08. The first-order valence-electron chi connectivity index (χ1n) is 5.86. The maximum atomic E-state index is 12.9. The van der Waals surface area contributed by atoms with Crippen LogP contribution in [0.4, 0.5) is 4.39 Å². The Kier molecular flexibility index (Phi) is 5.63. The number of carbonyl (C=O) groups is 1. The van der Waals surface area contributed by atoms with Gasteiger partial charge in [0.05, 0.1) is 6.54 Å². The van der Waals surface area contributed by atoms with Crippen LogP contribution in [0.25, 0.3) is 0 Å². The van der Waals surface area contributed by atoms with Crippen LogP contribution in [0.1, 0.15) is 18.1 Å². The van der Waals surface area contributed by atoms with E-state index in [9.17, 15) is 9.18 Å². The molecule has 3 nitrogen and oxygen atoms in total. The fourth-order valence-corrected chi connectivity index (χ4v) is 1.58. The van der Waals surface area contributed by atoms with Crippen molar-refractivity contribution >= 4 is 5.91 Å². The van der Waals surface area contributed by atoms with Crippen molar-refractivity contribution in [2.45, 2.75) is 20.3 Å². The number of rotatable bonds is 6. The van der Waals surface area contributed by atoms with Gasteiger partial charge in [0.1, 0.15) is 5.82 Å². The lowest BCUT2D eigenvalue weighted by Crippen LogP contribution is -2.34. The molecule has 0 unspecified atom stereocenters. The molecule has 0 saturated heterocycles. The number of benzene rings is 1. The van der Waals surface area contributed by atoms with Gasteiger partial charge in [-0.1, -0.05) is 13.0 Å². The van der Waals surface area contributed by atoms with E-state index >= 15 is 0 Å². The zero-order valence-electron chi connectivity index (χ0n) is 10.3. The standard InChI is InChI=1S/C13H19FN2O/c1-3-15-9-13(17)16-7-6-11-4-5-12(14)8-10(11)2/h4-5,8,15H,3,6-7,9H2,1-2H3,(H,16,17). The molecule has 1 aromatic rings. The molecule has 0 radical (unpaired) electrons. The fourth-order valence-electron chi connectivity index (χ4n) is 1.58. The van der Waals surface area contributed by atoms with Crippen molar-refractivity contribution in [2.24, 2.45) is 0 Å². The molecule has 0 aromatic heterocycles. The van der Waals surface area contributed by atoms with E-state index in [1.807, 2.05) is 13.8 Å². The van der Waals surface area contributed by atoms with Gasteiger partial charge in [-0.3, -0.25) is 4.79 Å². The van der Waals surface area contributed by atoms with Gasteiger partial charge in [-0.15, -0.1) is 0 Å². The molecule has 0 atom stereocenters. The van der Waals surface area contributed by atoms with Gasteiger partial charge in [-0.05, 0) is 43.1 Å². The van der Waals surface area contributed by atoms with Crippen molar-refractivity contribution in [3.63, 3.8) is 0 Å². The van der Waals surface area contributed by atoms with E-state index in [2.05, 4.69) is 10.6 Å². The van der Waals surface area contributed by atoms with Crippen LogP contribution in [0.15, 0.2) is 18.2 Å². The van der Waals surface area contributed by atoms with E-state index in [1.54, 1.807) is 6.07 Å². The number of amides is 1.